The van der Waals surface area contributed by atoms with Crippen molar-refractivity contribution in [2.24, 2.45) is 11.7 Å². The van der Waals surface area contributed by atoms with Crippen LogP contribution in [0.5, 0.6) is 0 Å². The summed E-state index contributed by atoms with van der Waals surface area (Å²) in [5, 5.41) is 4.43. The molecule has 1 aliphatic rings. The van der Waals surface area contributed by atoms with Crippen LogP contribution in [0.25, 0.3) is 22.4 Å². The Labute approximate surface area is 155 Å². The lowest BCUT2D eigenvalue weighted by Crippen LogP contribution is -2.37. The van der Waals surface area contributed by atoms with Crippen molar-refractivity contribution in [1.29, 1.82) is 0 Å². The van der Waals surface area contributed by atoms with Crippen LogP contribution in [0.4, 0.5) is 10.2 Å². The molecule has 4 N–H and O–H groups in total. The van der Waals surface area contributed by atoms with E-state index in [-0.39, 0.29) is 11.9 Å². The van der Waals surface area contributed by atoms with Gasteiger partial charge in [0.05, 0.1) is 11.2 Å². The zero-order valence-electron chi connectivity index (χ0n) is 14.2. The topological polar surface area (TPSA) is 92.5 Å². The number of hydrogen-bond acceptors (Lipinski definition) is 5. The molecule has 8 heteroatoms. The third kappa shape index (κ3) is 3.37. The summed E-state index contributed by atoms with van der Waals surface area (Å²) in [6.07, 6.45) is 8.91. The van der Waals surface area contributed by atoms with Gasteiger partial charge in [0.15, 0.2) is 17.5 Å². The zero-order chi connectivity index (χ0) is 18.1. The van der Waals surface area contributed by atoms with E-state index in [2.05, 4.69) is 25.3 Å². The van der Waals surface area contributed by atoms with E-state index >= 15 is 0 Å². The van der Waals surface area contributed by atoms with E-state index in [0.717, 1.165) is 23.8 Å². The number of aromatic nitrogens is 4. The molecule has 0 spiro atoms. The monoisotopic (exact) mass is 374 g/mol. The number of fused-ring (bicyclic) bond motifs is 1. The van der Waals surface area contributed by atoms with Gasteiger partial charge in [0.2, 0.25) is 0 Å². The van der Waals surface area contributed by atoms with Crippen molar-refractivity contribution in [1.82, 2.24) is 19.9 Å². The van der Waals surface area contributed by atoms with Crippen LogP contribution in [-0.4, -0.2) is 32.5 Å². The fourth-order valence-corrected chi connectivity index (χ4v) is 3.66. The van der Waals surface area contributed by atoms with Crippen LogP contribution in [0.3, 0.4) is 0 Å². The Bertz CT molecular complexity index is 927. The highest BCUT2D eigenvalue weighted by Crippen LogP contribution is 2.28. The van der Waals surface area contributed by atoms with Crippen LogP contribution in [0.15, 0.2) is 24.7 Å². The number of nitrogens with zero attached hydrogens (tertiary/aromatic N) is 3. The highest BCUT2D eigenvalue weighted by atomic mass is 35.5. The maximum absolute atomic E-state index is 14.2. The Morgan fingerprint density at radius 3 is 2.96 bits per heavy atom. The number of aromatic amines is 1. The van der Waals surface area contributed by atoms with Crippen molar-refractivity contribution in [3.05, 3.63) is 35.5 Å². The fraction of sp³-hybridized carbons (Fsp3) is 0.389. The molecule has 4 rings (SSSR count). The predicted molar refractivity (Wildman–Crippen MR) is 101 cm³/mol. The maximum atomic E-state index is 14.2. The molecule has 0 radical (unpaired) electrons. The minimum atomic E-state index is -0.478. The highest BCUT2D eigenvalue weighted by molar-refractivity contribution is 6.31. The van der Waals surface area contributed by atoms with Crippen LogP contribution in [-0.2, 0) is 0 Å². The first-order chi connectivity index (χ1) is 12.6. The van der Waals surface area contributed by atoms with E-state index in [1.165, 1.54) is 19.0 Å². The van der Waals surface area contributed by atoms with Crippen molar-refractivity contribution < 1.29 is 4.39 Å². The molecule has 0 saturated heterocycles. The molecule has 6 nitrogen and oxygen atoms in total. The smallest absolute Gasteiger partial charge is 0.183 e. The number of anilines is 1. The minimum Gasteiger partial charge on any atom is -0.367 e. The SMILES string of the molecule is N[C@@H]1CCCCC1CNc1nc(-c2c[nH]c3ncc(Cl)cc23)ncc1F. The van der Waals surface area contributed by atoms with Crippen molar-refractivity contribution in [3.8, 4) is 11.4 Å². The first-order valence-electron chi connectivity index (χ1n) is 8.77. The van der Waals surface area contributed by atoms with Crippen molar-refractivity contribution in [2.45, 2.75) is 31.7 Å². The summed E-state index contributed by atoms with van der Waals surface area (Å²) in [6, 6.07) is 1.94. The van der Waals surface area contributed by atoms with Gasteiger partial charge in [0.25, 0.3) is 0 Å². The molecule has 0 aromatic carbocycles. The molecule has 2 atom stereocenters. The molecule has 1 fully saturated rings. The number of H-pyrrole nitrogens is 1. The van der Waals surface area contributed by atoms with E-state index in [1.54, 1.807) is 18.5 Å². The molecule has 0 amide bonds. The summed E-state index contributed by atoms with van der Waals surface area (Å²) in [4.78, 5) is 15.8. The average Bonchev–Trinajstić information content (AvgIpc) is 3.05. The van der Waals surface area contributed by atoms with Crippen molar-refractivity contribution in [3.63, 3.8) is 0 Å². The molecule has 0 bridgehead atoms. The molecule has 3 heterocycles. The Hall–Kier alpha value is -2.25. The van der Waals surface area contributed by atoms with Crippen LogP contribution in [0.2, 0.25) is 5.02 Å². The summed E-state index contributed by atoms with van der Waals surface area (Å²) in [7, 11) is 0. The Morgan fingerprint density at radius 1 is 1.27 bits per heavy atom. The van der Waals surface area contributed by atoms with E-state index in [0.29, 0.717) is 29.0 Å². The molecule has 1 unspecified atom stereocenters. The Balaban J connectivity index is 1.60. The Kier molecular flexibility index (Phi) is 4.74. The lowest BCUT2D eigenvalue weighted by molar-refractivity contribution is 0.321. The molecule has 0 aliphatic heterocycles. The average molecular weight is 375 g/mol. The summed E-state index contributed by atoms with van der Waals surface area (Å²) in [5.74, 6) is 0.459. The second-order valence-corrected chi connectivity index (χ2v) is 7.17. The first kappa shape index (κ1) is 17.2. The van der Waals surface area contributed by atoms with Gasteiger partial charge in [-0.25, -0.2) is 19.3 Å². The number of nitrogens with two attached hydrogens (primary N) is 1. The normalized spacial score (nSPS) is 20.4. The van der Waals surface area contributed by atoms with Gasteiger partial charge >= 0.3 is 0 Å². The number of pyridine rings is 1. The van der Waals surface area contributed by atoms with E-state index < -0.39 is 5.82 Å². The van der Waals surface area contributed by atoms with Crippen LogP contribution in [0, 0.1) is 11.7 Å². The van der Waals surface area contributed by atoms with Crippen LogP contribution in [0.1, 0.15) is 25.7 Å². The first-order valence-corrected chi connectivity index (χ1v) is 9.14. The minimum absolute atomic E-state index is 0.155. The number of nitrogens with one attached hydrogen (secondary N) is 2. The van der Waals surface area contributed by atoms with Crippen molar-refractivity contribution in [2.75, 3.05) is 11.9 Å². The third-order valence-electron chi connectivity index (χ3n) is 4.98. The number of hydrogen-bond donors (Lipinski definition) is 3. The third-order valence-corrected chi connectivity index (χ3v) is 5.19. The van der Waals surface area contributed by atoms with E-state index in [1.807, 2.05) is 0 Å². The number of halogens is 2. The second-order valence-electron chi connectivity index (χ2n) is 6.73. The summed E-state index contributed by atoms with van der Waals surface area (Å²) in [5.41, 5.74) is 7.58. The predicted octanol–water partition coefficient (Wildman–Crippen LogP) is 3.74. The largest absolute Gasteiger partial charge is 0.367 e. The van der Waals surface area contributed by atoms with Gasteiger partial charge in [-0.1, -0.05) is 24.4 Å². The van der Waals surface area contributed by atoms with Gasteiger partial charge in [0, 0.05) is 35.9 Å². The maximum Gasteiger partial charge on any atom is 0.183 e. The highest BCUT2D eigenvalue weighted by Gasteiger charge is 2.22. The van der Waals surface area contributed by atoms with Gasteiger partial charge < -0.3 is 16.0 Å². The summed E-state index contributed by atoms with van der Waals surface area (Å²) in [6.45, 7) is 0.607. The molecule has 26 heavy (non-hydrogen) atoms. The van der Waals surface area contributed by atoms with Gasteiger partial charge in [-0.05, 0) is 24.8 Å². The fourth-order valence-electron chi connectivity index (χ4n) is 3.50. The van der Waals surface area contributed by atoms with Crippen molar-refractivity contribution >= 4 is 28.5 Å². The van der Waals surface area contributed by atoms with Crippen LogP contribution >= 0.6 is 11.6 Å². The van der Waals surface area contributed by atoms with Crippen LogP contribution < -0.4 is 11.1 Å². The van der Waals surface area contributed by atoms with Gasteiger partial charge in [-0.2, -0.15) is 0 Å². The summed E-state index contributed by atoms with van der Waals surface area (Å²) < 4.78 is 14.2. The quantitative estimate of drug-likeness (QED) is 0.646. The molecule has 1 saturated carbocycles. The lowest BCUT2D eigenvalue weighted by atomic mass is 9.85. The molecule has 1 aliphatic carbocycles. The molecule has 3 aromatic rings. The van der Waals surface area contributed by atoms with Gasteiger partial charge in [0.1, 0.15) is 5.65 Å². The standard InChI is InChI=1S/C18H20ClFN6/c19-11-5-12-13(8-24-16(12)23-7-11)17-25-9-14(20)18(26-17)22-6-10-3-1-2-4-15(10)21/h5,7-10,15H,1-4,6,21H2,(H,23,24)(H,22,25,26)/t10?,15-/m1/s1. The summed E-state index contributed by atoms with van der Waals surface area (Å²) >= 11 is 6.04. The Morgan fingerprint density at radius 2 is 2.12 bits per heavy atom. The van der Waals surface area contributed by atoms with E-state index in [4.69, 9.17) is 17.3 Å². The molecular formula is C18H20ClFN6. The molecule has 3 aromatic heterocycles. The number of rotatable bonds is 4. The lowest BCUT2D eigenvalue weighted by Gasteiger charge is -2.28. The van der Waals surface area contributed by atoms with E-state index in [9.17, 15) is 4.39 Å². The molecular weight excluding hydrogens is 355 g/mol. The van der Waals surface area contributed by atoms with Gasteiger partial charge in [-0.3, -0.25) is 0 Å². The van der Waals surface area contributed by atoms with Gasteiger partial charge in [-0.15, -0.1) is 0 Å². The molecule has 136 valence electrons. The second kappa shape index (κ2) is 7.17. The zero-order valence-corrected chi connectivity index (χ0v) is 14.9.